The van der Waals surface area contributed by atoms with Crippen molar-refractivity contribution in [2.75, 3.05) is 39.3 Å². The zero-order valence-electron chi connectivity index (χ0n) is 16.9. The molecule has 0 aromatic heterocycles. The fraction of sp³-hybridized carbons (Fsp3) is 0.667. The molecule has 0 atom stereocenters. The van der Waals surface area contributed by atoms with Crippen molar-refractivity contribution in [3.05, 3.63) is 29.8 Å². The van der Waals surface area contributed by atoms with E-state index in [-0.39, 0.29) is 10.8 Å². The van der Waals surface area contributed by atoms with Gasteiger partial charge in [-0.3, -0.25) is 4.79 Å². The van der Waals surface area contributed by atoms with Crippen LogP contribution in [0.2, 0.25) is 0 Å². The largest absolute Gasteiger partial charge is 0.337 e. The summed E-state index contributed by atoms with van der Waals surface area (Å²) in [6.45, 7) is 6.73. The summed E-state index contributed by atoms with van der Waals surface area (Å²) in [5.41, 5.74) is 0.552. The van der Waals surface area contributed by atoms with Crippen LogP contribution in [-0.2, 0) is 10.0 Å². The summed E-state index contributed by atoms with van der Waals surface area (Å²) < 4.78 is 26.6. The van der Waals surface area contributed by atoms with Crippen molar-refractivity contribution < 1.29 is 13.2 Å². The van der Waals surface area contributed by atoms with Crippen LogP contribution in [0.4, 0.5) is 0 Å². The van der Waals surface area contributed by atoms with Gasteiger partial charge >= 0.3 is 0 Å². The maximum atomic E-state index is 12.9. The van der Waals surface area contributed by atoms with Crippen LogP contribution >= 0.6 is 0 Å². The summed E-state index contributed by atoms with van der Waals surface area (Å²) in [6, 6.07) is 6.27. The summed E-state index contributed by atoms with van der Waals surface area (Å²) in [7, 11) is -3.49. The molecule has 3 rings (SSSR count). The van der Waals surface area contributed by atoms with E-state index in [0.29, 0.717) is 12.1 Å². The van der Waals surface area contributed by atoms with Gasteiger partial charge in [-0.05, 0) is 56.0 Å². The van der Waals surface area contributed by atoms with Crippen molar-refractivity contribution in [3.8, 4) is 0 Å². The van der Waals surface area contributed by atoms with E-state index < -0.39 is 10.0 Å². The van der Waals surface area contributed by atoms with Crippen LogP contribution in [-0.4, -0.2) is 63.4 Å². The fourth-order valence-electron chi connectivity index (χ4n) is 4.32. The van der Waals surface area contributed by atoms with Crippen molar-refractivity contribution in [2.45, 2.75) is 50.3 Å². The molecular formula is C21H33N3O3S. The smallest absolute Gasteiger partial charge is 0.253 e. The first-order chi connectivity index (χ1) is 13.5. The Morgan fingerprint density at radius 2 is 1.71 bits per heavy atom. The van der Waals surface area contributed by atoms with Crippen LogP contribution in [0, 0.1) is 5.92 Å². The van der Waals surface area contributed by atoms with Gasteiger partial charge in [0.15, 0.2) is 0 Å². The number of nitrogens with one attached hydrogen (secondary N) is 1. The number of hydrogen-bond acceptors (Lipinski definition) is 4. The number of sulfonamides is 1. The van der Waals surface area contributed by atoms with Gasteiger partial charge in [-0.2, -0.15) is 0 Å². The Balaban J connectivity index is 1.57. The lowest BCUT2D eigenvalue weighted by Crippen LogP contribution is -2.37. The highest BCUT2D eigenvalue weighted by Gasteiger charge is 2.23. The third kappa shape index (κ3) is 5.55. The second-order valence-corrected chi connectivity index (χ2v) is 9.74. The molecule has 0 spiro atoms. The summed E-state index contributed by atoms with van der Waals surface area (Å²) in [6.07, 6.45) is 7.80. The van der Waals surface area contributed by atoms with Crippen molar-refractivity contribution in [3.63, 3.8) is 0 Å². The number of hydrogen-bond donors (Lipinski definition) is 1. The van der Waals surface area contributed by atoms with Gasteiger partial charge in [0.2, 0.25) is 10.0 Å². The quantitative estimate of drug-likeness (QED) is 0.787. The lowest BCUT2D eigenvalue weighted by molar-refractivity contribution is 0.0760. The summed E-state index contributed by atoms with van der Waals surface area (Å²) in [5.74, 6) is 0.814. The molecule has 1 aromatic rings. The number of amides is 1. The minimum absolute atomic E-state index is 0.00749. The van der Waals surface area contributed by atoms with Crippen LogP contribution in [0.25, 0.3) is 0 Å². The Morgan fingerprint density at radius 3 is 2.39 bits per heavy atom. The summed E-state index contributed by atoms with van der Waals surface area (Å²) in [5, 5.41) is 0. The van der Waals surface area contributed by atoms with Gasteiger partial charge in [0.05, 0.1) is 4.90 Å². The molecule has 1 amide bonds. The van der Waals surface area contributed by atoms with Crippen molar-refractivity contribution in [2.24, 2.45) is 5.92 Å². The van der Waals surface area contributed by atoms with Gasteiger partial charge in [-0.1, -0.05) is 26.2 Å². The second-order valence-electron chi connectivity index (χ2n) is 7.98. The fourth-order valence-corrected chi connectivity index (χ4v) is 5.37. The van der Waals surface area contributed by atoms with E-state index in [9.17, 15) is 13.2 Å². The van der Waals surface area contributed by atoms with E-state index in [1.807, 2.05) is 4.90 Å². The minimum atomic E-state index is -3.49. The van der Waals surface area contributed by atoms with Crippen molar-refractivity contribution in [1.82, 2.24) is 14.5 Å². The topological polar surface area (TPSA) is 69.7 Å². The molecule has 2 aliphatic rings. The third-order valence-electron chi connectivity index (χ3n) is 5.86. The molecule has 6 nitrogen and oxygen atoms in total. The zero-order chi connectivity index (χ0) is 20.0. The first-order valence-corrected chi connectivity index (χ1v) is 12.1. The molecule has 1 saturated heterocycles. The molecule has 156 valence electrons. The average Bonchev–Trinajstić information content (AvgIpc) is 2.94. The molecule has 1 N–H and O–H groups in total. The first-order valence-electron chi connectivity index (χ1n) is 10.6. The predicted octanol–water partition coefficient (Wildman–Crippen LogP) is 2.71. The van der Waals surface area contributed by atoms with Crippen molar-refractivity contribution in [1.29, 1.82) is 0 Å². The van der Waals surface area contributed by atoms with Gasteiger partial charge in [0.25, 0.3) is 5.91 Å². The van der Waals surface area contributed by atoms with Crippen LogP contribution in [0.15, 0.2) is 29.2 Å². The van der Waals surface area contributed by atoms with Gasteiger partial charge in [-0.15, -0.1) is 0 Å². The molecular weight excluding hydrogens is 374 g/mol. The van der Waals surface area contributed by atoms with E-state index in [4.69, 9.17) is 0 Å². The number of benzene rings is 1. The van der Waals surface area contributed by atoms with E-state index >= 15 is 0 Å². The Bertz CT molecular complexity index is 743. The molecule has 1 heterocycles. The van der Waals surface area contributed by atoms with Crippen LogP contribution in [0.1, 0.15) is 55.8 Å². The number of carbonyl (C=O) groups excluding carboxylic acids is 1. The molecule has 1 aliphatic heterocycles. The summed E-state index contributed by atoms with van der Waals surface area (Å²) in [4.78, 5) is 17.5. The standard InChI is InChI=1S/C21H33N3O3S/c1-2-22-28(26,27)20-11-9-19(10-12-20)21(25)24-14-6-13-23(15-16-24)17-18-7-4-3-5-8-18/h9-12,18,22H,2-8,13-17H2,1H3. The number of nitrogens with zero attached hydrogens (tertiary/aromatic N) is 2. The summed E-state index contributed by atoms with van der Waals surface area (Å²) >= 11 is 0. The molecule has 1 saturated carbocycles. The Morgan fingerprint density at radius 1 is 1.00 bits per heavy atom. The molecule has 28 heavy (non-hydrogen) atoms. The Kier molecular flexibility index (Phi) is 7.48. The highest BCUT2D eigenvalue weighted by molar-refractivity contribution is 7.89. The lowest BCUT2D eigenvalue weighted by atomic mass is 9.89. The highest BCUT2D eigenvalue weighted by Crippen LogP contribution is 2.25. The van der Waals surface area contributed by atoms with E-state index in [1.165, 1.54) is 50.8 Å². The number of carbonyl (C=O) groups is 1. The second kappa shape index (κ2) is 9.85. The predicted molar refractivity (Wildman–Crippen MR) is 111 cm³/mol. The Labute approximate surface area is 169 Å². The van der Waals surface area contributed by atoms with Crippen molar-refractivity contribution >= 4 is 15.9 Å². The molecule has 2 fully saturated rings. The minimum Gasteiger partial charge on any atom is -0.337 e. The van der Waals surface area contributed by atoms with E-state index in [2.05, 4.69) is 9.62 Å². The van der Waals surface area contributed by atoms with E-state index in [1.54, 1.807) is 19.1 Å². The third-order valence-corrected chi connectivity index (χ3v) is 7.42. The molecule has 7 heteroatoms. The van der Waals surface area contributed by atoms with Gasteiger partial charge in [-0.25, -0.2) is 13.1 Å². The maximum absolute atomic E-state index is 12.9. The van der Waals surface area contributed by atoms with Crippen LogP contribution in [0.5, 0.6) is 0 Å². The molecule has 1 aromatic carbocycles. The van der Waals surface area contributed by atoms with Crippen LogP contribution < -0.4 is 4.72 Å². The van der Waals surface area contributed by atoms with Crippen LogP contribution in [0.3, 0.4) is 0 Å². The molecule has 0 radical (unpaired) electrons. The molecule has 0 unspecified atom stereocenters. The lowest BCUT2D eigenvalue weighted by Gasteiger charge is -2.28. The molecule has 0 bridgehead atoms. The first kappa shape index (κ1) is 21.3. The average molecular weight is 408 g/mol. The highest BCUT2D eigenvalue weighted by atomic mass is 32.2. The van der Waals surface area contributed by atoms with Gasteiger partial charge in [0.1, 0.15) is 0 Å². The normalized spacial score (nSPS) is 20.1. The van der Waals surface area contributed by atoms with E-state index in [0.717, 1.165) is 38.5 Å². The van der Waals surface area contributed by atoms with Gasteiger partial charge in [0, 0.05) is 38.3 Å². The number of rotatable bonds is 6. The SMILES string of the molecule is CCNS(=O)(=O)c1ccc(C(=O)N2CCCN(CC3CCCCC3)CC2)cc1. The molecule has 1 aliphatic carbocycles. The van der Waals surface area contributed by atoms with Gasteiger partial charge < -0.3 is 9.80 Å². The zero-order valence-corrected chi connectivity index (χ0v) is 17.7. The monoisotopic (exact) mass is 407 g/mol. The maximum Gasteiger partial charge on any atom is 0.253 e. The Hall–Kier alpha value is -1.44.